The van der Waals surface area contributed by atoms with Crippen molar-refractivity contribution in [2.45, 2.75) is 40.3 Å². The average Bonchev–Trinajstić information content (AvgIpc) is 2.92. The van der Waals surface area contributed by atoms with Gasteiger partial charge in [-0.25, -0.2) is 0 Å². The van der Waals surface area contributed by atoms with Gasteiger partial charge < -0.3 is 14.0 Å². The molecule has 2 aromatic rings. The molecular formula is C16H22N4O3. The van der Waals surface area contributed by atoms with Gasteiger partial charge >= 0.3 is 0 Å². The molecule has 2 heterocycles. The smallest absolute Gasteiger partial charge is 0.254 e. The Morgan fingerprint density at radius 1 is 1.43 bits per heavy atom. The summed E-state index contributed by atoms with van der Waals surface area (Å²) in [4.78, 5) is 29.9. The number of rotatable bonds is 6. The lowest BCUT2D eigenvalue weighted by atomic mass is 10.1. The molecule has 0 saturated carbocycles. The molecule has 0 spiro atoms. The van der Waals surface area contributed by atoms with Gasteiger partial charge in [0.1, 0.15) is 0 Å². The van der Waals surface area contributed by atoms with Crippen molar-refractivity contribution in [2.75, 3.05) is 7.05 Å². The predicted octanol–water partition coefficient (Wildman–Crippen LogP) is 1.72. The molecule has 0 aliphatic heterocycles. The van der Waals surface area contributed by atoms with Crippen LogP contribution in [-0.4, -0.2) is 32.6 Å². The van der Waals surface area contributed by atoms with Crippen LogP contribution in [-0.2, 0) is 19.5 Å². The van der Waals surface area contributed by atoms with Crippen LogP contribution >= 0.6 is 0 Å². The number of hydrogen-bond acceptors (Lipinski definition) is 5. The molecule has 0 bridgehead atoms. The van der Waals surface area contributed by atoms with E-state index >= 15 is 0 Å². The molecular weight excluding hydrogens is 296 g/mol. The lowest BCUT2D eigenvalue weighted by Gasteiger charge is -2.15. The fourth-order valence-electron chi connectivity index (χ4n) is 2.20. The Balaban J connectivity index is 2.06. The highest BCUT2D eigenvalue weighted by Gasteiger charge is 2.16. The van der Waals surface area contributed by atoms with Gasteiger partial charge in [-0.1, -0.05) is 19.0 Å². The molecule has 0 fully saturated rings. The fourth-order valence-corrected chi connectivity index (χ4v) is 2.20. The zero-order valence-corrected chi connectivity index (χ0v) is 13.9. The number of pyridine rings is 1. The first-order valence-electron chi connectivity index (χ1n) is 7.68. The van der Waals surface area contributed by atoms with Crippen LogP contribution in [0.4, 0.5) is 0 Å². The summed E-state index contributed by atoms with van der Waals surface area (Å²) in [6.45, 7) is 6.80. The first-order valence-corrected chi connectivity index (χ1v) is 7.68. The normalized spacial score (nSPS) is 11.0. The number of hydrogen-bond donors (Lipinski definition) is 0. The zero-order chi connectivity index (χ0) is 17.0. The Hall–Kier alpha value is -2.44. The van der Waals surface area contributed by atoms with Crippen LogP contribution < -0.4 is 5.56 Å². The van der Waals surface area contributed by atoms with E-state index < -0.39 is 0 Å². The van der Waals surface area contributed by atoms with Crippen molar-refractivity contribution < 1.29 is 9.32 Å². The van der Waals surface area contributed by atoms with Gasteiger partial charge in [0.05, 0.1) is 6.54 Å². The summed E-state index contributed by atoms with van der Waals surface area (Å²) in [5, 5.41) is 3.90. The van der Waals surface area contributed by atoms with Crippen LogP contribution in [0.25, 0.3) is 0 Å². The van der Waals surface area contributed by atoms with E-state index in [0.717, 1.165) is 6.42 Å². The fraction of sp³-hybridized carbons (Fsp3) is 0.500. The molecule has 2 aromatic heterocycles. The number of aromatic nitrogens is 3. The standard InChI is InChI=1S/C16H22N4O3/c1-5-20-7-6-12(9-15(20)21)16(22)19(4)10-14-17-13(18-23-14)8-11(2)3/h6-7,9,11H,5,8,10H2,1-4H3. The first kappa shape index (κ1) is 16.9. The Bertz CT molecular complexity index is 733. The van der Waals surface area contributed by atoms with E-state index in [1.54, 1.807) is 19.3 Å². The number of nitrogens with zero attached hydrogens (tertiary/aromatic N) is 4. The van der Waals surface area contributed by atoms with Gasteiger partial charge in [-0.3, -0.25) is 9.59 Å². The maximum absolute atomic E-state index is 12.4. The van der Waals surface area contributed by atoms with Crippen LogP contribution in [0.1, 0.15) is 42.8 Å². The van der Waals surface area contributed by atoms with Crippen LogP contribution in [0, 0.1) is 5.92 Å². The van der Waals surface area contributed by atoms with Crippen molar-refractivity contribution in [3.8, 4) is 0 Å². The topological polar surface area (TPSA) is 81.2 Å². The molecule has 0 unspecified atom stereocenters. The Morgan fingerprint density at radius 2 is 2.17 bits per heavy atom. The molecule has 7 nitrogen and oxygen atoms in total. The van der Waals surface area contributed by atoms with E-state index in [0.29, 0.717) is 29.7 Å². The van der Waals surface area contributed by atoms with Gasteiger partial charge in [-0.15, -0.1) is 0 Å². The van der Waals surface area contributed by atoms with Crippen molar-refractivity contribution in [1.29, 1.82) is 0 Å². The van der Waals surface area contributed by atoms with Crippen LogP contribution in [0.15, 0.2) is 27.6 Å². The quantitative estimate of drug-likeness (QED) is 0.810. The molecule has 0 aliphatic rings. The van der Waals surface area contributed by atoms with Gasteiger partial charge in [-0.2, -0.15) is 4.98 Å². The average molecular weight is 318 g/mol. The molecule has 0 aromatic carbocycles. The van der Waals surface area contributed by atoms with E-state index in [2.05, 4.69) is 24.0 Å². The van der Waals surface area contributed by atoms with Crippen molar-refractivity contribution in [3.63, 3.8) is 0 Å². The lowest BCUT2D eigenvalue weighted by Crippen LogP contribution is -2.28. The Morgan fingerprint density at radius 3 is 2.78 bits per heavy atom. The Kier molecular flexibility index (Phi) is 5.31. The predicted molar refractivity (Wildman–Crippen MR) is 85.0 cm³/mol. The van der Waals surface area contributed by atoms with Gasteiger partial charge in [0.2, 0.25) is 5.89 Å². The van der Waals surface area contributed by atoms with Gasteiger partial charge in [0.25, 0.3) is 11.5 Å². The van der Waals surface area contributed by atoms with E-state index in [-0.39, 0.29) is 18.0 Å². The van der Waals surface area contributed by atoms with E-state index in [1.807, 2.05) is 6.92 Å². The van der Waals surface area contributed by atoms with E-state index in [4.69, 9.17) is 4.52 Å². The SMILES string of the molecule is CCn1ccc(C(=O)N(C)Cc2nc(CC(C)C)no2)cc1=O. The van der Waals surface area contributed by atoms with Crippen molar-refractivity contribution in [1.82, 2.24) is 19.6 Å². The molecule has 1 amide bonds. The van der Waals surface area contributed by atoms with Crippen molar-refractivity contribution in [3.05, 3.63) is 46.0 Å². The minimum atomic E-state index is -0.256. The maximum atomic E-state index is 12.4. The van der Waals surface area contributed by atoms with Crippen LogP contribution in [0.3, 0.4) is 0 Å². The third-order valence-corrected chi connectivity index (χ3v) is 3.40. The first-order chi connectivity index (χ1) is 10.9. The summed E-state index contributed by atoms with van der Waals surface area (Å²) in [5.74, 6) is 1.21. The number of amides is 1. The number of carbonyl (C=O) groups excluding carboxylic acids is 1. The lowest BCUT2D eigenvalue weighted by molar-refractivity contribution is 0.0769. The summed E-state index contributed by atoms with van der Waals surface area (Å²) in [6, 6.07) is 2.99. The summed E-state index contributed by atoms with van der Waals surface area (Å²) < 4.78 is 6.70. The largest absolute Gasteiger partial charge is 0.337 e. The summed E-state index contributed by atoms with van der Waals surface area (Å²) >= 11 is 0. The van der Waals surface area contributed by atoms with Gasteiger partial charge in [0.15, 0.2) is 5.82 Å². The number of carbonyl (C=O) groups is 1. The summed E-state index contributed by atoms with van der Waals surface area (Å²) in [7, 11) is 1.64. The molecule has 0 radical (unpaired) electrons. The highest BCUT2D eigenvalue weighted by atomic mass is 16.5. The molecule has 0 saturated heterocycles. The monoisotopic (exact) mass is 318 g/mol. The Labute approximate surface area is 134 Å². The van der Waals surface area contributed by atoms with Crippen molar-refractivity contribution >= 4 is 5.91 Å². The third-order valence-electron chi connectivity index (χ3n) is 3.40. The molecule has 124 valence electrons. The minimum absolute atomic E-state index is 0.191. The second-order valence-corrected chi connectivity index (χ2v) is 5.90. The second kappa shape index (κ2) is 7.21. The van der Waals surface area contributed by atoms with E-state index in [9.17, 15) is 9.59 Å². The van der Waals surface area contributed by atoms with Gasteiger partial charge in [0, 0.05) is 37.8 Å². The molecule has 0 atom stereocenters. The molecule has 0 aliphatic carbocycles. The van der Waals surface area contributed by atoms with Crippen molar-refractivity contribution in [2.24, 2.45) is 5.92 Å². The van der Waals surface area contributed by atoms with E-state index in [1.165, 1.54) is 15.5 Å². The molecule has 0 N–H and O–H groups in total. The molecule has 7 heteroatoms. The minimum Gasteiger partial charge on any atom is -0.337 e. The maximum Gasteiger partial charge on any atom is 0.254 e. The highest BCUT2D eigenvalue weighted by Crippen LogP contribution is 2.08. The summed E-state index contributed by atoms with van der Waals surface area (Å²) in [5.41, 5.74) is 0.160. The van der Waals surface area contributed by atoms with Gasteiger partial charge in [-0.05, 0) is 18.9 Å². The highest BCUT2D eigenvalue weighted by molar-refractivity contribution is 5.93. The third kappa shape index (κ3) is 4.28. The zero-order valence-electron chi connectivity index (χ0n) is 13.9. The molecule has 23 heavy (non-hydrogen) atoms. The summed E-state index contributed by atoms with van der Waals surface area (Å²) in [6.07, 6.45) is 2.35. The molecule has 2 rings (SSSR count). The van der Waals surface area contributed by atoms with Crippen LogP contribution in [0.5, 0.6) is 0 Å². The van der Waals surface area contributed by atoms with Crippen LogP contribution in [0.2, 0.25) is 0 Å². The number of aryl methyl sites for hydroxylation is 1. The second-order valence-electron chi connectivity index (χ2n) is 5.90.